The second kappa shape index (κ2) is 8.91. The van der Waals surface area contributed by atoms with Gasteiger partial charge >= 0.3 is 5.91 Å². The first-order chi connectivity index (χ1) is 13.0. The minimum atomic E-state index is -0.429. The number of terminal acetylenes is 1. The van der Waals surface area contributed by atoms with E-state index in [-0.39, 0.29) is 12.4 Å². The van der Waals surface area contributed by atoms with Gasteiger partial charge in [0.05, 0.1) is 14.3 Å². The second-order valence-corrected chi connectivity index (χ2v) is 8.23. The molecule has 0 unspecified atom stereocenters. The lowest BCUT2D eigenvalue weighted by atomic mass is 10.2. The molecular weight excluding hydrogens is 591 g/mol. The number of benzene rings is 2. The van der Waals surface area contributed by atoms with Crippen LogP contribution in [0.5, 0.6) is 5.75 Å². The first-order valence-corrected chi connectivity index (χ1v) is 10.2. The fraction of sp³-hybridized carbons (Fsp3) is 0.0526. The van der Waals surface area contributed by atoms with Crippen molar-refractivity contribution in [1.82, 2.24) is 5.43 Å². The Labute approximate surface area is 185 Å². The van der Waals surface area contributed by atoms with Crippen molar-refractivity contribution in [2.75, 3.05) is 6.61 Å². The highest BCUT2D eigenvalue weighted by Gasteiger charge is 2.12. The van der Waals surface area contributed by atoms with Gasteiger partial charge in [0.1, 0.15) is 17.9 Å². The number of rotatable bonds is 5. The normalized spacial score (nSPS) is 10.9. The van der Waals surface area contributed by atoms with E-state index in [2.05, 4.69) is 70.9 Å². The summed E-state index contributed by atoms with van der Waals surface area (Å²) >= 11 is 8.98. The minimum Gasteiger partial charge on any atom is -0.479 e. The molecule has 5 nitrogen and oxygen atoms in total. The van der Waals surface area contributed by atoms with Gasteiger partial charge in [0.25, 0.3) is 0 Å². The van der Waals surface area contributed by atoms with Gasteiger partial charge in [-0.25, -0.2) is 5.43 Å². The summed E-state index contributed by atoms with van der Waals surface area (Å²) < 4.78 is 13.6. The average molecular weight is 602 g/mol. The Kier molecular flexibility index (Phi) is 6.57. The summed E-state index contributed by atoms with van der Waals surface area (Å²) in [5, 5.41) is 4.82. The zero-order valence-electron chi connectivity index (χ0n) is 13.6. The summed E-state index contributed by atoms with van der Waals surface area (Å²) in [7, 11) is 0. The summed E-state index contributed by atoms with van der Waals surface area (Å²) in [6, 6.07) is 10.9. The molecule has 1 N–H and O–H groups in total. The van der Waals surface area contributed by atoms with Crippen LogP contribution in [0.1, 0.15) is 16.1 Å². The van der Waals surface area contributed by atoms with Crippen molar-refractivity contribution in [1.29, 1.82) is 0 Å². The smallest absolute Gasteiger partial charge is 0.307 e. The van der Waals surface area contributed by atoms with E-state index in [1.54, 1.807) is 12.1 Å². The first-order valence-electron chi connectivity index (χ1n) is 7.55. The standard InChI is InChI=1S/C19H11Br2IN2O3/c1-2-5-26-18-14(21)6-11(7-15(18)22)10-23-24-19(25)17-9-12-8-13(20)3-4-16(12)27-17/h1,3-4,6-10H,5H2,(H,24,25)/b23-10+. The molecule has 3 rings (SSSR count). The van der Waals surface area contributed by atoms with Crippen LogP contribution in [0.15, 0.2) is 54.9 Å². The summed E-state index contributed by atoms with van der Waals surface area (Å²) in [6.45, 7) is 0.187. The number of amides is 1. The van der Waals surface area contributed by atoms with Crippen molar-refractivity contribution in [2.45, 2.75) is 0 Å². The van der Waals surface area contributed by atoms with Gasteiger partial charge in [-0.1, -0.05) is 21.9 Å². The van der Waals surface area contributed by atoms with Crippen LogP contribution in [0.25, 0.3) is 11.0 Å². The number of hydrogen-bond donors (Lipinski definition) is 1. The van der Waals surface area contributed by atoms with E-state index in [9.17, 15) is 4.79 Å². The van der Waals surface area contributed by atoms with E-state index in [0.717, 1.165) is 23.5 Å². The Morgan fingerprint density at radius 2 is 2.15 bits per heavy atom. The van der Waals surface area contributed by atoms with Gasteiger partial charge in [-0.15, -0.1) is 6.42 Å². The maximum absolute atomic E-state index is 12.2. The number of carbonyl (C=O) groups is 1. The molecule has 0 fully saturated rings. The van der Waals surface area contributed by atoms with E-state index in [1.165, 1.54) is 6.21 Å². The lowest BCUT2D eigenvalue weighted by molar-refractivity contribution is 0.0929. The van der Waals surface area contributed by atoms with Crippen molar-refractivity contribution in [3.8, 4) is 18.1 Å². The van der Waals surface area contributed by atoms with E-state index in [0.29, 0.717) is 11.3 Å². The third kappa shape index (κ3) is 4.91. The van der Waals surface area contributed by atoms with Crippen LogP contribution in [0.4, 0.5) is 0 Å². The topological polar surface area (TPSA) is 63.8 Å². The first kappa shape index (κ1) is 19.9. The lowest BCUT2D eigenvalue weighted by Crippen LogP contribution is -2.16. The van der Waals surface area contributed by atoms with Gasteiger partial charge < -0.3 is 9.15 Å². The Bertz CT molecular complexity index is 1060. The molecule has 0 aliphatic rings. The Morgan fingerprint density at radius 3 is 2.89 bits per heavy atom. The fourth-order valence-corrected chi connectivity index (χ4v) is 4.40. The quantitative estimate of drug-likeness (QED) is 0.186. The molecule has 2 aromatic carbocycles. The molecule has 3 aromatic rings. The molecular formula is C19H11Br2IN2O3. The van der Waals surface area contributed by atoms with Crippen molar-refractivity contribution >= 4 is 77.5 Å². The van der Waals surface area contributed by atoms with Crippen LogP contribution in [0.3, 0.4) is 0 Å². The van der Waals surface area contributed by atoms with Gasteiger partial charge in [-0.3, -0.25) is 4.79 Å². The molecule has 0 spiro atoms. The maximum Gasteiger partial charge on any atom is 0.307 e. The van der Waals surface area contributed by atoms with Crippen LogP contribution < -0.4 is 10.2 Å². The molecule has 0 aliphatic heterocycles. The molecule has 1 heterocycles. The molecule has 1 amide bonds. The molecule has 136 valence electrons. The number of nitrogens with zero attached hydrogens (tertiary/aromatic N) is 1. The fourth-order valence-electron chi connectivity index (χ4n) is 2.25. The number of fused-ring (bicyclic) bond motifs is 1. The van der Waals surface area contributed by atoms with Gasteiger partial charge in [0, 0.05) is 9.86 Å². The molecule has 0 aliphatic carbocycles. The molecule has 8 heteroatoms. The zero-order chi connectivity index (χ0) is 19.4. The predicted molar refractivity (Wildman–Crippen MR) is 120 cm³/mol. The minimum absolute atomic E-state index is 0.187. The summed E-state index contributed by atoms with van der Waals surface area (Å²) in [5.41, 5.74) is 3.88. The molecule has 0 bridgehead atoms. The number of halogens is 3. The second-order valence-electron chi connectivity index (χ2n) is 5.30. The van der Waals surface area contributed by atoms with Crippen LogP contribution in [-0.2, 0) is 0 Å². The van der Waals surface area contributed by atoms with E-state index < -0.39 is 5.91 Å². The van der Waals surface area contributed by atoms with E-state index >= 15 is 0 Å². The van der Waals surface area contributed by atoms with Gasteiger partial charge in [-0.2, -0.15) is 5.10 Å². The van der Waals surface area contributed by atoms with E-state index in [1.807, 2.05) is 24.3 Å². The largest absolute Gasteiger partial charge is 0.479 e. The third-order valence-electron chi connectivity index (χ3n) is 3.40. The number of furan rings is 1. The molecule has 27 heavy (non-hydrogen) atoms. The Balaban J connectivity index is 1.71. The van der Waals surface area contributed by atoms with Crippen LogP contribution >= 0.6 is 54.5 Å². The lowest BCUT2D eigenvalue weighted by Gasteiger charge is -2.08. The SMILES string of the molecule is C#CCOc1c(Br)cc(/C=N/NC(=O)c2cc3cc(Br)ccc3o2)cc1I. The monoisotopic (exact) mass is 600 g/mol. The predicted octanol–water partition coefficient (Wildman–Crippen LogP) is 5.34. The number of carbonyl (C=O) groups excluding carboxylic acids is 1. The summed E-state index contributed by atoms with van der Waals surface area (Å²) in [6.07, 6.45) is 6.75. The van der Waals surface area contributed by atoms with Crippen LogP contribution in [-0.4, -0.2) is 18.7 Å². The summed E-state index contributed by atoms with van der Waals surface area (Å²) in [5.74, 6) is 2.86. The van der Waals surface area contributed by atoms with Crippen molar-refractivity contribution in [3.05, 3.63) is 60.2 Å². The number of hydrogen-bond acceptors (Lipinski definition) is 4. The number of hydrazone groups is 1. The highest BCUT2D eigenvalue weighted by atomic mass is 127. The van der Waals surface area contributed by atoms with E-state index in [4.69, 9.17) is 15.6 Å². The van der Waals surface area contributed by atoms with Gasteiger partial charge in [-0.05, 0) is 80.5 Å². The third-order valence-corrected chi connectivity index (χ3v) is 5.29. The Hall–Kier alpha value is -1.83. The molecule has 0 saturated heterocycles. The highest BCUT2D eigenvalue weighted by Crippen LogP contribution is 2.31. The molecule has 0 radical (unpaired) electrons. The van der Waals surface area contributed by atoms with Gasteiger partial charge in [0.15, 0.2) is 5.76 Å². The molecule has 1 aromatic heterocycles. The molecule has 0 atom stereocenters. The maximum atomic E-state index is 12.2. The number of ether oxygens (including phenoxy) is 1. The number of nitrogens with one attached hydrogen (secondary N) is 1. The van der Waals surface area contributed by atoms with Crippen LogP contribution in [0.2, 0.25) is 0 Å². The highest BCUT2D eigenvalue weighted by molar-refractivity contribution is 14.1. The van der Waals surface area contributed by atoms with Crippen LogP contribution in [0, 0.1) is 15.9 Å². The van der Waals surface area contributed by atoms with Crippen molar-refractivity contribution in [3.63, 3.8) is 0 Å². The van der Waals surface area contributed by atoms with Crippen molar-refractivity contribution < 1.29 is 13.9 Å². The average Bonchev–Trinajstić information content (AvgIpc) is 3.04. The van der Waals surface area contributed by atoms with Gasteiger partial charge in [0.2, 0.25) is 0 Å². The molecule has 0 saturated carbocycles. The Morgan fingerprint density at radius 1 is 1.33 bits per heavy atom. The zero-order valence-corrected chi connectivity index (χ0v) is 19.0. The van der Waals surface area contributed by atoms with Crippen molar-refractivity contribution in [2.24, 2.45) is 5.10 Å². The summed E-state index contributed by atoms with van der Waals surface area (Å²) in [4.78, 5) is 12.2.